The molecule has 1 aromatic carbocycles. The lowest BCUT2D eigenvalue weighted by atomic mass is 10.0. The van der Waals surface area contributed by atoms with Crippen LogP contribution in [0.2, 0.25) is 0 Å². The monoisotopic (exact) mass is 389 g/mol. The Morgan fingerprint density at radius 2 is 2.00 bits per heavy atom. The minimum Gasteiger partial charge on any atom is -0.487 e. The average Bonchev–Trinajstić information content (AvgIpc) is 3.21. The number of carboxylic acid groups (broad SMARTS) is 1. The van der Waals surface area contributed by atoms with E-state index in [9.17, 15) is 4.79 Å². The van der Waals surface area contributed by atoms with Gasteiger partial charge in [-0.3, -0.25) is 9.78 Å². The van der Waals surface area contributed by atoms with Crippen LogP contribution in [0.15, 0.2) is 65.4 Å². The number of carbonyl (C=O) groups is 1. The zero-order chi connectivity index (χ0) is 20.2. The molecule has 0 aliphatic carbocycles. The van der Waals surface area contributed by atoms with Gasteiger partial charge in [-0.05, 0) is 29.8 Å². The number of benzene rings is 1. The van der Waals surface area contributed by atoms with Gasteiger partial charge in [0.2, 0.25) is 0 Å². The molecule has 0 atom stereocenters. The molecule has 4 aromatic rings. The summed E-state index contributed by atoms with van der Waals surface area (Å²) >= 11 is 0. The number of carboxylic acids is 1. The van der Waals surface area contributed by atoms with Crippen LogP contribution in [0.5, 0.6) is 5.75 Å². The van der Waals surface area contributed by atoms with Crippen molar-refractivity contribution in [1.82, 2.24) is 9.97 Å². The fourth-order valence-corrected chi connectivity index (χ4v) is 3.16. The highest BCUT2D eigenvalue weighted by atomic mass is 16.5. The van der Waals surface area contributed by atoms with Crippen molar-refractivity contribution in [3.05, 3.63) is 77.9 Å². The standard InChI is InChI=1S/C22H19N3O4/c23-12-16-9-14(5-7-24-16)18-11-17(25-19-6-8-28-22(18)19)13-29-20-4-2-1-3-15(20)10-21(26)27/h1-9,11H,10,12-13,23H2,(H,26,27). The first-order valence-corrected chi connectivity index (χ1v) is 9.09. The van der Waals surface area contributed by atoms with Crippen molar-refractivity contribution in [3.63, 3.8) is 0 Å². The number of nitrogens with zero attached hydrogens (tertiary/aromatic N) is 2. The highest BCUT2D eigenvalue weighted by molar-refractivity contribution is 5.90. The summed E-state index contributed by atoms with van der Waals surface area (Å²) < 4.78 is 11.5. The van der Waals surface area contributed by atoms with Crippen LogP contribution in [0.3, 0.4) is 0 Å². The Labute approximate surface area is 166 Å². The molecule has 0 spiro atoms. The van der Waals surface area contributed by atoms with Crippen LogP contribution in [-0.2, 0) is 24.4 Å². The number of ether oxygens (including phenoxy) is 1. The first kappa shape index (κ1) is 18.6. The van der Waals surface area contributed by atoms with E-state index in [4.69, 9.17) is 20.0 Å². The summed E-state index contributed by atoms with van der Waals surface area (Å²) in [6.07, 6.45) is 3.21. The van der Waals surface area contributed by atoms with Crippen molar-refractivity contribution in [2.45, 2.75) is 19.6 Å². The minimum absolute atomic E-state index is 0.103. The molecule has 7 nitrogen and oxygen atoms in total. The van der Waals surface area contributed by atoms with Gasteiger partial charge in [0.15, 0.2) is 5.58 Å². The number of para-hydroxylation sites is 1. The molecule has 0 aliphatic heterocycles. The third-order valence-corrected chi connectivity index (χ3v) is 4.49. The van der Waals surface area contributed by atoms with Gasteiger partial charge in [0, 0.05) is 29.9 Å². The summed E-state index contributed by atoms with van der Waals surface area (Å²) in [5, 5.41) is 9.08. The molecule has 0 aliphatic rings. The predicted octanol–water partition coefficient (Wildman–Crippen LogP) is 3.55. The zero-order valence-electron chi connectivity index (χ0n) is 15.5. The van der Waals surface area contributed by atoms with Crippen molar-refractivity contribution in [3.8, 4) is 16.9 Å². The Bertz CT molecular complexity index is 1170. The number of hydrogen-bond donors (Lipinski definition) is 2. The summed E-state index contributed by atoms with van der Waals surface area (Å²) in [7, 11) is 0. The van der Waals surface area contributed by atoms with E-state index in [0.717, 1.165) is 16.8 Å². The fraction of sp³-hybridized carbons (Fsp3) is 0.136. The second kappa shape index (κ2) is 8.12. The Morgan fingerprint density at radius 1 is 1.14 bits per heavy atom. The van der Waals surface area contributed by atoms with Gasteiger partial charge in [0.05, 0.1) is 24.1 Å². The van der Waals surface area contributed by atoms with E-state index in [0.29, 0.717) is 34.7 Å². The van der Waals surface area contributed by atoms with Crippen LogP contribution in [0, 0.1) is 0 Å². The molecule has 0 amide bonds. The molecule has 3 N–H and O–H groups in total. The minimum atomic E-state index is -0.908. The molecule has 3 aromatic heterocycles. The summed E-state index contributed by atoms with van der Waals surface area (Å²) in [5.41, 5.74) is 11.0. The van der Waals surface area contributed by atoms with E-state index < -0.39 is 5.97 Å². The Kier molecular flexibility index (Phi) is 5.22. The smallest absolute Gasteiger partial charge is 0.307 e. The molecule has 7 heteroatoms. The van der Waals surface area contributed by atoms with Gasteiger partial charge in [-0.25, -0.2) is 4.98 Å². The number of fused-ring (bicyclic) bond motifs is 1. The number of rotatable bonds is 7. The highest BCUT2D eigenvalue weighted by Gasteiger charge is 2.13. The summed E-state index contributed by atoms with van der Waals surface area (Å²) in [6, 6.07) is 14.6. The molecule has 0 saturated heterocycles. The highest BCUT2D eigenvalue weighted by Crippen LogP contribution is 2.30. The lowest BCUT2D eigenvalue weighted by Gasteiger charge is -2.11. The van der Waals surface area contributed by atoms with E-state index >= 15 is 0 Å². The van der Waals surface area contributed by atoms with Crippen LogP contribution in [0.1, 0.15) is 17.0 Å². The Balaban J connectivity index is 1.67. The Morgan fingerprint density at radius 3 is 2.83 bits per heavy atom. The summed E-state index contributed by atoms with van der Waals surface area (Å²) in [6.45, 7) is 0.538. The maximum Gasteiger partial charge on any atom is 0.307 e. The number of furan rings is 1. The predicted molar refractivity (Wildman–Crippen MR) is 107 cm³/mol. The van der Waals surface area contributed by atoms with Crippen LogP contribution in [0.25, 0.3) is 22.2 Å². The Hall–Kier alpha value is -3.71. The maximum absolute atomic E-state index is 11.1. The number of aromatic nitrogens is 2. The van der Waals surface area contributed by atoms with E-state index in [1.807, 2.05) is 24.3 Å². The lowest BCUT2D eigenvalue weighted by molar-refractivity contribution is -0.136. The van der Waals surface area contributed by atoms with E-state index in [-0.39, 0.29) is 13.0 Å². The van der Waals surface area contributed by atoms with Gasteiger partial charge < -0.3 is 20.0 Å². The van der Waals surface area contributed by atoms with Crippen molar-refractivity contribution in [1.29, 1.82) is 0 Å². The van der Waals surface area contributed by atoms with Crippen LogP contribution >= 0.6 is 0 Å². The molecular formula is C22H19N3O4. The van der Waals surface area contributed by atoms with Gasteiger partial charge in [0.1, 0.15) is 17.9 Å². The van der Waals surface area contributed by atoms with Crippen molar-refractivity contribution < 1.29 is 19.1 Å². The van der Waals surface area contributed by atoms with Crippen molar-refractivity contribution in [2.75, 3.05) is 0 Å². The van der Waals surface area contributed by atoms with Crippen LogP contribution in [0.4, 0.5) is 0 Å². The molecule has 4 rings (SSSR count). The van der Waals surface area contributed by atoms with Gasteiger partial charge in [-0.1, -0.05) is 18.2 Å². The van der Waals surface area contributed by atoms with Gasteiger partial charge in [-0.15, -0.1) is 0 Å². The third-order valence-electron chi connectivity index (χ3n) is 4.49. The maximum atomic E-state index is 11.1. The largest absolute Gasteiger partial charge is 0.487 e. The first-order chi connectivity index (χ1) is 14.1. The lowest BCUT2D eigenvalue weighted by Crippen LogP contribution is -2.05. The van der Waals surface area contributed by atoms with Crippen molar-refractivity contribution >= 4 is 17.1 Å². The number of aliphatic carboxylic acids is 1. The first-order valence-electron chi connectivity index (χ1n) is 9.09. The third kappa shape index (κ3) is 4.09. The van der Waals surface area contributed by atoms with E-state index in [1.165, 1.54) is 0 Å². The molecule has 3 heterocycles. The summed E-state index contributed by atoms with van der Waals surface area (Å²) in [4.78, 5) is 19.9. The zero-order valence-corrected chi connectivity index (χ0v) is 15.5. The molecule has 29 heavy (non-hydrogen) atoms. The fourth-order valence-electron chi connectivity index (χ4n) is 3.16. The van der Waals surface area contributed by atoms with Crippen LogP contribution in [-0.4, -0.2) is 21.0 Å². The number of nitrogens with two attached hydrogens (primary N) is 1. The summed E-state index contributed by atoms with van der Waals surface area (Å²) in [5.74, 6) is -0.380. The number of hydrogen-bond acceptors (Lipinski definition) is 6. The molecule has 0 radical (unpaired) electrons. The van der Waals surface area contributed by atoms with Crippen molar-refractivity contribution in [2.24, 2.45) is 5.73 Å². The molecule has 0 bridgehead atoms. The second-order valence-corrected chi connectivity index (χ2v) is 6.50. The van der Waals surface area contributed by atoms with Gasteiger partial charge in [-0.2, -0.15) is 0 Å². The van der Waals surface area contributed by atoms with Gasteiger partial charge in [0.25, 0.3) is 0 Å². The molecular weight excluding hydrogens is 370 g/mol. The molecule has 0 fully saturated rings. The topological polar surface area (TPSA) is 111 Å². The van der Waals surface area contributed by atoms with E-state index in [1.54, 1.807) is 36.7 Å². The second-order valence-electron chi connectivity index (χ2n) is 6.50. The van der Waals surface area contributed by atoms with E-state index in [2.05, 4.69) is 9.97 Å². The molecule has 0 unspecified atom stereocenters. The average molecular weight is 389 g/mol. The van der Waals surface area contributed by atoms with Gasteiger partial charge >= 0.3 is 5.97 Å². The SMILES string of the molecule is NCc1cc(-c2cc(COc3ccccc3CC(=O)O)nc3ccoc23)ccn1. The quantitative estimate of drug-likeness (QED) is 0.497. The molecule has 146 valence electrons. The normalized spacial score (nSPS) is 10.9. The van der Waals surface area contributed by atoms with Crippen LogP contribution < -0.4 is 10.5 Å². The number of pyridine rings is 2. The molecule has 0 saturated carbocycles.